The lowest BCUT2D eigenvalue weighted by atomic mass is 10.1. The monoisotopic (exact) mass is 328 g/mol. The SMILES string of the molecule is C=CCOc1ccc(/C=N\NC(=O)Cc2ccc(Cl)cc2)cc1. The molecule has 1 amide bonds. The molecule has 0 bridgehead atoms. The summed E-state index contributed by atoms with van der Waals surface area (Å²) >= 11 is 5.80. The molecule has 23 heavy (non-hydrogen) atoms. The predicted octanol–water partition coefficient (Wildman–Crippen LogP) is 3.60. The van der Waals surface area contributed by atoms with E-state index in [0.717, 1.165) is 16.9 Å². The van der Waals surface area contributed by atoms with Crippen molar-refractivity contribution in [1.82, 2.24) is 5.43 Å². The molecule has 2 aromatic carbocycles. The molecule has 0 atom stereocenters. The van der Waals surface area contributed by atoms with Gasteiger partial charge in [0.15, 0.2) is 0 Å². The van der Waals surface area contributed by atoms with Gasteiger partial charge in [0.1, 0.15) is 12.4 Å². The van der Waals surface area contributed by atoms with Crippen molar-refractivity contribution in [2.75, 3.05) is 6.61 Å². The highest BCUT2D eigenvalue weighted by molar-refractivity contribution is 6.30. The highest BCUT2D eigenvalue weighted by Crippen LogP contribution is 2.11. The number of nitrogens with zero attached hydrogens (tertiary/aromatic N) is 1. The van der Waals surface area contributed by atoms with Gasteiger partial charge < -0.3 is 4.74 Å². The Labute approximate surface area is 140 Å². The minimum Gasteiger partial charge on any atom is -0.490 e. The van der Waals surface area contributed by atoms with E-state index in [0.29, 0.717) is 11.6 Å². The number of carbonyl (C=O) groups excluding carboxylic acids is 1. The van der Waals surface area contributed by atoms with Crippen LogP contribution >= 0.6 is 11.6 Å². The molecule has 5 heteroatoms. The molecule has 0 heterocycles. The van der Waals surface area contributed by atoms with E-state index in [1.54, 1.807) is 24.4 Å². The molecule has 0 unspecified atom stereocenters. The number of hydrogen-bond acceptors (Lipinski definition) is 3. The molecular formula is C18H17ClN2O2. The van der Waals surface area contributed by atoms with E-state index in [2.05, 4.69) is 17.1 Å². The molecule has 2 rings (SSSR count). The fourth-order valence-electron chi connectivity index (χ4n) is 1.81. The third kappa shape index (κ3) is 5.96. The van der Waals surface area contributed by atoms with E-state index < -0.39 is 0 Å². The molecule has 0 fully saturated rings. The van der Waals surface area contributed by atoms with E-state index in [1.165, 1.54) is 0 Å². The predicted molar refractivity (Wildman–Crippen MR) is 93.0 cm³/mol. The summed E-state index contributed by atoms with van der Waals surface area (Å²) in [7, 11) is 0. The van der Waals surface area contributed by atoms with Crippen molar-refractivity contribution in [2.24, 2.45) is 5.10 Å². The van der Waals surface area contributed by atoms with Crippen molar-refractivity contribution in [3.8, 4) is 5.75 Å². The smallest absolute Gasteiger partial charge is 0.244 e. The van der Waals surface area contributed by atoms with Crippen LogP contribution in [0, 0.1) is 0 Å². The normalized spacial score (nSPS) is 10.5. The average Bonchev–Trinajstić information content (AvgIpc) is 2.56. The van der Waals surface area contributed by atoms with Crippen molar-refractivity contribution < 1.29 is 9.53 Å². The summed E-state index contributed by atoms with van der Waals surface area (Å²) in [6.07, 6.45) is 3.52. The van der Waals surface area contributed by atoms with Crippen molar-refractivity contribution in [1.29, 1.82) is 0 Å². The molecule has 0 saturated heterocycles. The third-order valence-electron chi connectivity index (χ3n) is 2.93. The molecular weight excluding hydrogens is 312 g/mol. The second-order valence-electron chi connectivity index (χ2n) is 4.77. The summed E-state index contributed by atoms with van der Waals surface area (Å²) < 4.78 is 5.39. The number of benzene rings is 2. The largest absolute Gasteiger partial charge is 0.490 e. The third-order valence-corrected chi connectivity index (χ3v) is 3.18. The first kappa shape index (κ1) is 16.8. The van der Waals surface area contributed by atoms with Crippen molar-refractivity contribution in [3.05, 3.63) is 77.3 Å². The van der Waals surface area contributed by atoms with E-state index in [-0.39, 0.29) is 12.3 Å². The summed E-state index contributed by atoms with van der Waals surface area (Å²) in [6.45, 7) is 4.06. The Bertz CT molecular complexity index is 679. The lowest BCUT2D eigenvalue weighted by molar-refractivity contribution is -0.120. The van der Waals surface area contributed by atoms with Gasteiger partial charge in [-0.25, -0.2) is 5.43 Å². The number of carbonyl (C=O) groups is 1. The number of halogens is 1. The van der Waals surface area contributed by atoms with Crippen LogP contribution in [0.1, 0.15) is 11.1 Å². The minimum atomic E-state index is -0.186. The molecule has 118 valence electrons. The van der Waals surface area contributed by atoms with Crippen molar-refractivity contribution in [3.63, 3.8) is 0 Å². The first-order chi connectivity index (χ1) is 11.2. The molecule has 1 N–H and O–H groups in total. The Kier molecular flexibility index (Phi) is 6.39. The molecule has 2 aromatic rings. The maximum atomic E-state index is 11.8. The highest BCUT2D eigenvalue weighted by atomic mass is 35.5. The summed E-state index contributed by atoms with van der Waals surface area (Å²) in [5, 5.41) is 4.59. The van der Waals surface area contributed by atoms with Gasteiger partial charge in [0.2, 0.25) is 5.91 Å². The van der Waals surface area contributed by atoms with Gasteiger partial charge in [0.05, 0.1) is 12.6 Å². The van der Waals surface area contributed by atoms with Gasteiger partial charge in [-0.05, 0) is 47.5 Å². The van der Waals surface area contributed by atoms with Gasteiger partial charge in [0.25, 0.3) is 0 Å². The van der Waals surface area contributed by atoms with Crippen LogP contribution in [0.3, 0.4) is 0 Å². The number of nitrogens with one attached hydrogen (secondary N) is 1. The fourth-order valence-corrected chi connectivity index (χ4v) is 1.94. The molecule has 0 radical (unpaired) electrons. The lowest BCUT2D eigenvalue weighted by Gasteiger charge is -2.03. The van der Waals surface area contributed by atoms with Crippen molar-refractivity contribution in [2.45, 2.75) is 6.42 Å². The maximum absolute atomic E-state index is 11.8. The van der Waals surface area contributed by atoms with E-state index in [9.17, 15) is 4.79 Å². The van der Waals surface area contributed by atoms with Crippen LogP contribution in [0.4, 0.5) is 0 Å². The lowest BCUT2D eigenvalue weighted by Crippen LogP contribution is -2.19. The maximum Gasteiger partial charge on any atom is 0.244 e. The molecule has 0 aliphatic carbocycles. The summed E-state index contributed by atoms with van der Waals surface area (Å²) in [4.78, 5) is 11.8. The van der Waals surface area contributed by atoms with Gasteiger partial charge in [0, 0.05) is 5.02 Å². The number of rotatable bonds is 7. The fraction of sp³-hybridized carbons (Fsp3) is 0.111. The number of amides is 1. The zero-order valence-electron chi connectivity index (χ0n) is 12.5. The number of hydrazone groups is 1. The average molecular weight is 329 g/mol. The second-order valence-corrected chi connectivity index (χ2v) is 5.20. The highest BCUT2D eigenvalue weighted by Gasteiger charge is 2.01. The van der Waals surface area contributed by atoms with Gasteiger partial charge in [-0.2, -0.15) is 5.10 Å². The summed E-state index contributed by atoms with van der Waals surface area (Å²) in [5.74, 6) is 0.573. The molecule has 0 aromatic heterocycles. The van der Waals surface area contributed by atoms with Crippen LogP contribution in [0.15, 0.2) is 66.3 Å². The summed E-state index contributed by atoms with van der Waals surface area (Å²) in [5.41, 5.74) is 4.24. The minimum absolute atomic E-state index is 0.186. The van der Waals surface area contributed by atoms with Gasteiger partial charge in [-0.1, -0.05) is 36.4 Å². The quantitative estimate of drug-likeness (QED) is 0.479. The van der Waals surface area contributed by atoms with Crippen molar-refractivity contribution >= 4 is 23.7 Å². The molecule has 0 saturated carbocycles. The van der Waals surface area contributed by atoms with Crippen LogP contribution in [-0.4, -0.2) is 18.7 Å². The Balaban J connectivity index is 1.82. The standard InChI is InChI=1S/C18H17ClN2O2/c1-2-11-23-17-9-5-15(6-10-17)13-20-21-18(22)12-14-3-7-16(19)8-4-14/h2-10,13H,1,11-12H2,(H,21,22)/b20-13-. The van der Waals surface area contributed by atoms with E-state index >= 15 is 0 Å². The first-order valence-electron chi connectivity index (χ1n) is 7.07. The Hall–Kier alpha value is -2.59. The van der Waals surface area contributed by atoms with Gasteiger partial charge >= 0.3 is 0 Å². The molecule has 0 aliphatic rings. The van der Waals surface area contributed by atoms with Crippen LogP contribution in [-0.2, 0) is 11.2 Å². The van der Waals surface area contributed by atoms with E-state index in [1.807, 2.05) is 36.4 Å². The van der Waals surface area contributed by atoms with Gasteiger partial charge in [-0.15, -0.1) is 0 Å². The Morgan fingerprint density at radius 2 is 1.87 bits per heavy atom. The Morgan fingerprint density at radius 3 is 2.52 bits per heavy atom. The summed E-state index contributed by atoms with van der Waals surface area (Å²) in [6, 6.07) is 14.5. The zero-order chi connectivity index (χ0) is 16.5. The molecule has 4 nitrogen and oxygen atoms in total. The molecule has 0 spiro atoms. The van der Waals surface area contributed by atoms with E-state index in [4.69, 9.17) is 16.3 Å². The van der Waals surface area contributed by atoms with Crippen LogP contribution < -0.4 is 10.2 Å². The second kappa shape index (κ2) is 8.76. The topological polar surface area (TPSA) is 50.7 Å². The number of hydrogen-bond donors (Lipinski definition) is 1. The van der Waals surface area contributed by atoms with Crippen LogP contribution in [0.25, 0.3) is 0 Å². The Morgan fingerprint density at radius 1 is 1.17 bits per heavy atom. The van der Waals surface area contributed by atoms with Crippen LogP contribution in [0.5, 0.6) is 5.75 Å². The number of ether oxygens (including phenoxy) is 1. The van der Waals surface area contributed by atoms with Gasteiger partial charge in [-0.3, -0.25) is 4.79 Å². The van der Waals surface area contributed by atoms with Crippen LogP contribution in [0.2, 0.25) is 5.02 Å². The zero-order valence-corrected chi connectivity index (χ0v) is 13.3. The molecule has 0 aliphatic heterocycles. The first-order valence-corrected chi connectivity index (χ1v) is 7.45.